The summed E-state index contributed by atoms with van der Waals surface area (Å²) in [4.78, 5) is 15.3. The zero-order chi connectivity index (χ0) is 14.0. The molecule has 19 heavy (non-hydrogen) atoms. The summed E-state index contributed by atoms with van der Waals surface area (Å²) >= 11 is 3.16. The van der Waals surface area contributed by atoms with E-state index >= 15 is 0 Å². The van der Waals surface area contributed by atoms with E-state index in [1.165, 1.54) is 18.3 Å². The van der Waals surface area contributed by atoms with Crippen molar-refractivity contribution in [3.05, 3.63) is 51.9 Å². The highest BCUT2D eigenvalue weighted by molar-refractivity contribution is 9.10. The molecule has 0 fully saturated rings. The van der Waals surface area contributed by atoms with Crippen molar-refractivity contribution in [3.8, 4) is 11.6 Å². The highest BCUT2D eigenvalue weighted by atomic mass is 79.9. The quantitative estimate of drug-likeness (QED) is 0.942. The van der Waals surface area contributed by atoms with Crippen LogP contribution in [0.4, 0.5) is 4.39 Å². The lowest BCUT2D eigenvalue weighted by Gasteiger charge is -2.10. The van der Waals surface area contributed by atoms with E-state index in [0.29, 0.717) is 10.0 Å². The lowest BCUT2D eigenvalue weighted by molar-refractivity contribution is 0.0997. The van der Waals surface area contributed by atoms with Crippen LogP contribution in [0.5, 0.6) is 11.6 Å². The Morgan fingerprint density at radius 3 is 2.79 bits per heavy atom. The second kappa shape index (κ2) is 5.36. The Morgan fingerprint density at radius 1 is 1.42 bits per heavy atom. The number of carbonyl (C=O) groups excluding carboxylic acids is 1. The van der Waals surface area contributed by atoms with Crippen LogP contribution >= 0.6 is 15.9 Å². The Hall–Kier alpha value is -1.95. The van der Waals surface area contributed by atoms with Gasteiger partial charge in [0.15, 0.2) is 0 Å². The molecule has 2 rings (SSSR count). The van der Waals surface area contributed by atoms with Crippen molar-refractivity contribution in [2.24, 2.45) is 5.73 Å². The van der Waals surface area contributed by atoms with Crippen molar-refractivity contribution in [2.75, 3.05) is 0 Å². The first-order chi connectivity index (χ1) is 8.97. The molecule has 0 radical (unpaired) electrons. The van der Waals surface area contributed by atoms with Crippen LogP contribution in [0.15, 0.2) is 34.9 Å². The third-order valence-corrected chi connectivity index (χ3v) is 2.88. The SMILES string of the molecule is Cc1ccnc(Oc2cc(F)cc(Br)c2)c1C(N)=O. The Morgan fingerprint density at radius 2 is 2.16 bits per heavy atom. The number of halogens is 2. The summed E-state index contributed by atoms with van der Waals surface area (Å²) in [7, 11) is 0. The molecular formula is C13H10BrFN2O2. The number of carbonyl (C=O) groups is 1. The summed E-state index contributed by atoms with van der Waals surface area (Å²) < 4.78 is 19.2. The maximum atomic E-state index is 13.2. The normalized spacial score (nSPS) is 10.3. The molecule has 1 aromatic carbocycles. The van der Waals surface area contributed by atoms with Gasteiger partial charge in [0.2, 0.25) is 5.88 Å². The molecule has 4 nitrogen and oxygen atoms in total. The standard InChI is InChI=1S/C13H10BrFN2O2/c1-7-2-3-17-13(11(7)12(16)18)19-10-5-8(14)4-9(15)6-10/h2-6H,1H3,(H2,16,18). The number of nitrogens with zero attached hydrogens (tertiary/aromatic N) is 1. The van der Waals surface area contributed by atoms with Gasteiger partial charge < -0.3 is 10.5 Å². The minimum absolute atomic E-state index is 0.0602. The topological polar surface area (TPSA) is 65.2 Å². The largest absolute Gasteiger partial charge is 0.438 e. The van der Waals surface area contributed by atoms with Crippen molar-refractivity contribution in [2.45, 2.75) is 6.92 Å². The average molecular weight is 325 g/mol. The number of hydrogen-bond acceptors (Lipinski definition) is 3. The van der Waals surface area contributed by atoms with Crippen molar-refractivity contribution in [1.82, 2.24) is 4.98 Å². The summed E-state index contributed by atoms with van der Waals surface area (Å²) in [6.07, 6.45) is 1.49. The van der Waals surface area contributed by atoms with E-state index in [-0.39, 0.29) is 17.2 Å². The molecule has 2 aromatic rings. The summed E-state index contributed by atoms with van der Waals surface area (Å²) in [5.74, 6) is -0.814. The lowest BCUT2D eigenvalue weighted by Crippen LogP contribution is -2.14. The molecular weight excluding hydrogens is 315 g/mol. The van der Waals surface area contributed by atoms with Crippen LogP contribution in [-0.4, -0.2) is 10.9 Å². The molecule has 1 amide bonds. The van der Waals surface area contributed by atoms with Crippen LogP contribution < -0.4 is 10.5 Å². The van der Waals surface area contributed by atoms with Crippen molar-refractivity contribution in [1.29, 1.82) is 0 Å². The Labute approximate surface area is 117 Å². The van der Waals surface area contributed by atoms with E-state index in [1.54, 1.807) is 19.1 Å². The molecule has 0 saturated heterocycles. The first kappa shape index (κ1) is 13.5. The van der Waals surface area contributed by atoms with E-state index in [9.17, 15) is 9.18 Å². The summed E-state index contributed by atoms with van der Waals surface area (Å²) in [6.45, 7) is 1.72. The smallest absolute Gasteiger partial charge is 0.254 e. The van der Waals surface area contributed by atoms with Crippen LogP contribution in [0.3, 0.4) is 0 Å². The predicted molar refractivity (Wildman–Crippen MR) is 71.7 cm³/mol. The number of aryl methyl sites for hydroxylation is 1. The van der Waals surface area contributed by atoms with Crippen molar-refractivity contribution >= 4 is 21.8 Å². The molecule has 1 aromatic heterocycles. The Kier molecular flexibility index (Phi) is 3.80. The number of pyridine rings is 1. The molecule has 0 aliphatic heterocycles. The van der Waals surface area contributed by atoms with Crippen molar-refractivity contribution in [3.63, 3.8) is 0 Å². The number of benzene rings is 1. The van der Waals surface area contributed by atoms with Gasteiger partial charge in [-0.3, -0.25) is 4.79 Å². The number of primary amides is 1. The molecule has 98 valence electrons. The number of ether oxygens (including phenoxy) is 1. The van der Waals surface area contributed by atoms with Gasteiger partial charge in [0.1, 0.15) is 17.1 Å². The van der Waals surface area contributed by atoms with Gasteiger partial charge in [-0.25, -0.2) is 9.37 Å². The average Bonchev–Trinajstić information content (AvgIpc) is 2.26. The van der Waals surface area contributed by atoms with Gasteiger partial charge in [-0.15, -0.1) is 0 Å². The molecule has 0 atom stereocenters. The van der Waals surface area contributed by atoms with E-state index in [4.69, 9.17) is 10.5 Å². The van der Waals surface area contributed by atoms with Gasteiger partial charge in [0.25, 0.3) is 5.91 Å². The van der Waals surface area contributed by atoms with Crippen LogP contribution in [0, 0.1) is 12.7 Å². The second-order valence-corrected chi connectivity index (χ2v) is 4.80. The lowest BCUT2D eigenvalue weighted by atomic mass is 10.1. The van der Waals surface area contributed by atoms with Crippen LogP contribution in [0.1, 0.15) is 15.9 Å². The molecule has 0 unspecified atom stereocenters. The maximum absolute atomic E-state index is 13.2. The Balaban J connectivity index is 2.43. The van der Waals surface area contributed by atoms with Crippen LogP contribution in [-0.2, 0) is 0 Å². The summed E-state index contributed by atoms with van der Waals surface area (Å²) in [5.41, 5.74) is 6.12. The molecule has 2 N–H and O–H groups in total. The van der Waals surface area contributed by atoms with Gasteiger partial charge in [-0.2, -0.15) is 0 Å². The van der Waals surface area contributed by atoms with Gasteiger partial charge in [-0.05, 0) is 30.7 Å². The molecule has 0 aliphatic carbocycles. The fraction of sp³-hybridized carbons (Fsp3) is 0.0769. The zero-order valence-electron chi connectivity index (χ0n) is 9.98. The highest BCUT2D eigenvalue weighted by Crippen LogP contribution is 2.27. The zero-order valence-corrected chi connectivity index (χ0v) is 11.6. The van der Waals surface area contributed by atoms with E-state index in [1.807, 2.05) is 0 Å². The molecule has 0 saturated carbocycles. The first-order valence-electron chi connectivity index (χ1n) is 5.36. The van der Waals surface area contributed by atoms with Crippen molar-refractivity contribution < 1.29 is 13.9 Å². The van der Waals surface area contributed by atoms with E-state index < -0.39 is 11.7 Å². The molecule has 0 spiro atoms. The van der Waals surface area contributed by atoms with Gasteiger partial charge >= 0.3 is 0 Å². The minimum atomic E-state index is -0.643. The number of hydrogen-bond donors (Lipinski definition) is 1. The van der Waals surface area contributed by atoms with E-state index in [0.717, 1.165) is 0 Å². The first-order valence-corrected chi connectivity index (χ1v) is 6.16. The maximum Gasteiger partial charge on any atom is 0.254 e. The number of aromatic nitrogens is 1. The van der Waals surface area contributed by atoms with Gasteiger partial charge in [-0.1, -0.05) is 15.9 Å². The van der Waals surface area contributed by atoms with Crippen LogP contribution in [0.2, 0.25) is 0 Å². The number of nitrogens with two attached hydrogens (primary N) is 1. The monoisotopic (exact) mass is 324 g/mol. The molecule has 6 heteroatoms. The van der Waals surface area contributed by atoms with Gasteiger partial charge in [0.05, 0.1) is 0 Å². The van der Waals surface area contributed by atoms with Gasteiger partial charge in [0, 0.05) is 16.7 Å². The van der Waals surface area contributed by atoms with E-state index in [2.05, 4.69) is 20.9 Å². The number of amides is 1. The highest BCUT2D eigenvalue weighted by Gasteiger charge is 2.15. The third kappa shape index (κ3) is 3.08. The second-order valence-electron chi connectivity index (χ2n) is 3.88. The Bertz CT molecular complexity index is 626. The third-order valence-electron chi connectivity index (χ3n) is 2.42. The molecule has 1 heterocycles. The molecule has 0 bridgehead atoms. The summed E-state index contributed by atoms with van der Waals surface area (Å²) in [6, 6.07) is 5.71. The summed E-state index contributed by atoms with van der Waals surface area (Å²) in [5, 5.41) is 0. The van der Waals surface area contributed by atoms with Crippen LogP contribution in [0.25, 0.3) is 0 Å². The fourth-order valence-electron chi connectivity index (χ4n) is 1.61. The predicted octanol–water partition coefficient (Wildman–Crippen LogP) is 3.18. The minimum Gasteiger partial charge on any atom is -0.438 e. The number of rotatable bonds is 3. The fourth-order valence-corrected chi connectivity index (χ4v) is 2.05. The molecule has 0 aliphatic rings.